The summed E-state index contributed by atoms with van der Waals surface area (Å²) in [4.78, 5) is 0. The third-order valence-corrected chi connectivity index (χ3v) is 10.8. The molecule has 9 atom stereocenters. The van der Waals surface area contributed by atoms with Crippen molar-refractivity contribution in [3.8, 4) is 0 Å². The van der Waals surface area contributed by atoms with Crippen molar-refractivity contribution in [1.82, 2.24) is 5.32 Å². The third-order valence-electron chi connectivity index (χ3n) is 10.8. The Hall–Kier alpha value is -0.340. The van der Waals surface area contributed by atoms with Crippen LogP contribution >= 0.6 is 0 Å². The quantitative estimate of drug-likeness (QED) is 0.167. The van der Waals surface area contributed by atoms with Gasteiger partial charge in [-0.15, -0.1) is 0 Å². The second kappa shape index (κ2) is 16.2. The summed E-state index contributed by atoms with van der Waals surface area (Å²) in [6.45, 7) is 33.4. The number of ether oxygens (including phenoxy) is 1. The van der Waals surface area contributed by atoms with Gasteiger partial charge < -0.3 is 10.1 Å². The van der Waals surface area contributed by atoms with Gasteiger partial charge >= 0.3 is 0 Å². The van der Waals surface area contributed by atoms with E-state index in [1.807, 2.05) is 0 Å². The lowest BCUT2D eigenvalue weighted by Gasteiger charge is -2.67. The van der Waals surface area contributed by atoms with Crippen LogP contribution in [0.1, 0.15) is 148 Å². The van der Waals surface area contributed by atoms with Gasteiger partial charge in [-0.2, -0.15) is 0 Å². The topological polar surface area (TPSA) is 21.3 Å². The zero-order valence-corrected chi connectivity index (χ0v) is 28.4. The van der Waals surface area contributed by atoms with Crippen LogP contribution in [0.5, 0.6) is 0 Å². The number of hydrogen-bond acceptors (Lipinski definition) is 2. The van der Waals surface area contributed by atoms with Gasteiger partial charge in [-0.1, -0.05) is 101 Å². The molecule has 0 aromatic carbocycles. The average Bonchev–Trinajstić information content (AvgIpc) is 2.81. The molecule has 0 amide bonds. The van der Waals surface area contributed by atoms with Crippen LogP contribution in [0.4, 0.5) is 0 Å². The van der Waals surface area contributed by atoms with Crippen LogP contribution in [0.3, 0.4) is 0 Å². The smallest absolute Gasteiger partial charge is 0.0733 e. The Kier molecular flexibility index (Phi) is 15.2. The van der Waals surface area contributed by atoms with Crippen LogP contribution < -0.4 is 5.32 Å². The highest BCUT2D eigenvalue weighted by Crippen LogP contribution is 2.68. The van der Waals surface area contributed by atoms with Crippen molar-refractivity contribution in [2.24, 2.45) is 46.3 Å². The second-order valence-corrected chi connectivity index (χ2v) is 14.5. The molecule has 1 fully saturated rings. The van der Waals surface area contributed by atoms with Crippen molar-refractivity contribution in [2.75, 3.05) is 13.2 Å². The highest BCUT2D eigenvalue weighted by Gasteiger charge is 2.65. The molecule has 1 saturated carbocycles. The van der Waals surface area contributed by atoms with Crippen LogP contribution in [0.15, 0.2) is 12.2 Å². The van der Waals surface area contributed by atoms with E-state index in [0.717, 1.165) is 37.8 Å². The maximum Gasteiger partial charge on any atom is 0.0733 e. The van der Waals surface area contributed by atoms with Crippen molar-refractivity contribution < 1.29 is 4.74 Å². The Labute approximate surface area is 240 Å². The Morgan fingerprint density at radius 3 is 2.00 bits per heavy atom. The van der Waals surface area contributed by atoms with Gasteiger partial charge in [0.1, 0.15) is 0 Å². The fraction of sp³-hybridized carbons (Fsp3) is 0.944. The minimum atomic E-state index is -0.145. The van der Waals surface area contributed by atoms with Gasteiger partial charge in [0.25, 0.3) is 0 Å². The molecule has 0 saturated heterocycles. The molecule has 1 N–H and O–H groups in total. The van der Waals surface area contributed by atoms with E-state index in [1.54, 1.807) is 0 Å². The number of nitrogens with one attached hydrogen (secondary N) is 1. The molecule has 0 heterocycles. The predicted octanol–water partition coefficient (Wildman–Crippen LogP) is 10.7. The second-order valence-electron chi connectivity index (χ2n) is 14.5. The van der Waals surface area contributed by atoms with Gasteiger partial charge in [-0.3, -0.25) is 0 Å². The van der Waals surface area contributed by atoms with E-state index in [9.17, 15) is 0 Å². The monoisotopic (exact) mass is 534 g/mol. The summed E-state index contributed by atoms with van der Waals surface area (Å²) >= 11 is 0. The molecule has 0 aliphatic heterocycles. The Morgan fingerprint density at radius 2 is 1.58 bits per heavy atom. The molecule has 1 rings (SSSR count). The van der Waals surface area contributed by atoms with E-state index < -0.39 is 0 Å². The van der Waals surface area contributed by atoms with Gasteiger partial charge in [0, 0.05) is 18.6 Å². The van der Waals surface area contributed by atoms with E-state index >= 15 is 0 Å². The molecular weight excluding hydrogens is 462 g/mol. The maximum absolute atomic E-state index is 7.27. The standard InChI is InChI=1S/C36H71NO/c1-14-20-30(21-15-2)36(34(10,11)12)23-22-32(36)35(13,38-24-16-3)33(31(18-5)37-19-6)29(9)26-28(8)25-27(7)17-4/h14,20,27-33,37H,15-19,21-26H2,1-13H3. The van der Waals surface area contributed by atoms with Crippen LogP contribution in [0, 0.1) is 46.3 Å². The summed E-state index contributed by atoms with van der Waals surface area (Å²) in [5, 5.41) is 3.98. The molecule has 38 heavy (non-hydrogen) atoms. The molecule has 9 unspecified atom stereocenters. The molecule has 1 aliphatic carbocycles. The largest absolute Gasteiger partial charge is 0.375 e. The molecule has 2 nitrogen and oxygen atoms in total. The Morgan fingerprint density at radius 1 is 0.921 bits per heavy atom. The van der Waals surface area contributed by atoms with Crippen LogP contribution in [0.2, 0.25) is 0 Å². The molecule has 1 aliphatic rings. The van der Waals surface area contributed by atoms with Gasteiger partial charge in [0.2, 0.25) is 0 Å². The fourth-order valence-electron chi connectivity index (χ4n) is 8.99. The SMILES string of the molecule is CC=CC(CCC)C1(C(C)(C)C)CCC1C(C)(OCCC)C(C(C)CC(C)CC(C)CC)C(CC)NCC. The zero-order valence-electron chi connectivity index (χ0n) is 28.4. The first-order valence-corrected chi connectivity index (χ1v) is 16.8. The summed E-state index contributed by atoms with van der Waals surface area (Å²) in [6.07, 6.45) is 16.2. The first kappa shape index (κ1) is 35.7. The van der Waals surface area contributed by atoms with E-state index in [2.05, 4.69) is 107 Å². The lowest BCUT2D eigenvalue weighted by Crippen LogP contribution is -2.67. The van der Waals surface area contributed by atoms with Crippen LogP contribution in [-0.4, -0.2) is 24.8 Å². The minimum absolute atomic E-state index is 0.145. The van der Waals surface area contributed by atoms with Crippen molar-refractivity contribution in [1.29, 1.82) is 0 Å². The van der Waals surface area contributed by atoms with E-state index in [-0.39, 0.29) is 16.4 Å². The normalized spacial score (nSPS) is 26.8. The van der Waals surface area contributed by atoms with Crippen LogP contribution in [-0.2, 0) is 4.74 Å². The molecule has 0 aromatic heterocycles. The summed E-state index contributed by atoms with van der Waals surface area (Å²) < 4.78 is 7.27. The molecule has 0 aromatic rings. The van der Waals surface area contributed by atoms with Gasteiger partial charge in [0.15, 0.2) is 0 Å². The first-order valence-electron chi connectivity index (χ1n) is 16.8. The molecule has 0 spiro atoms. The number of hydrogen-bond donors (Lipinski definition) is 1. The summed E-state index contributed by atoms with van der Waals surface area (Å²) in [6, 6.07) is 0.484. The highest BCUT2D eigenvalue weighted by atomic mass is 16.5. The first-order chi connectivity index (χ1) is 17.8. The molecule has 0 radical (unpaired) electrons. The van der Waals surface area contributed by atoms with Crippen molar-refractivity contribution in [2.45, 2.75) is 159 Å². The lowest BCUT2D eigenvalue weighted by molar-refractivity contribution is -0.241. The molecular formula is C36H71NO. The number of allylic oxidation sites excluding steroid dienone is 2. The predicted molar refractivity (Wildman–Crippen MR) is 171 cm³/mol. The molecule has 0 bridgehead atoms. The van der Waals surface area contributed by atoms with Crippen LogP contribution in [0.25, 0.3) is 0 Å². The Balaban J connectivity index is 3.71. The fourth-order valence-corrected chi connectivity index (χ4v) is 8.99. The number of rotatable bonds is 19. The van der Waals surface area contributed by atoms with Crippen molar-refractivity contribution in [3.05, 3.63) is 12.2 Å². The highest BCUT2D eigenvalue weighted by molar-refractivity contribution is 5.17. The molecule has 226 valence electrons. The third kappa shape index (κ3) is 8.11. The van der Waals surface area contributed by atoms with Crippen molar-refractivity contribution in [3.63, 3.8) is 0 Å². The minimum Gasteiger partial charge on any atom is -0.375 e. The zero-order chi connectivity index (χ0) is 29.1. The maximum atomic E-state index is 7.27. The van der Waals surface area contributed by atoms with E-state index in [4.69, 9.17) is 4.74 Å². The summed E-state index contributed by atoms with van der Waals surface area (Å²) in [5.41, 5.74) is 0.347. The average molecular weight is 534 g/mol. The van der Waals surface area contributed by atoms with E-state index in [0.29, 0.717) is 29.7 Å². The summed E-state index contributed by atoms with van der Waals surface area (Å²) in [7, 11) is 0. The molecule has 2 heteroatoms. The van der Waals surface area contributed by atoms with Gasteiger partial charge in [-0.25, -0.2) is 0 Å². The lowest BCUT2D eigenvalue weighted by atomic mass is 9.39. The van der Waals surface area contributed by atoms with Crippen molar-refractivity contribution >= 4 is 0 Å². The van der Waals surface area contributed by atoms with E-state index in [1.165, 1.54) is 44.9 Å². The Bertz CT molecular complexity index is 665. The summed E-state index contributed by atoms with van der Waals surface area (Å²) in [5.74, 6) is 3.86. The van der Waals surface area contributed by atoms with Gasteiger partial charge in [0.05, 0.1) is 5.60 Å². The van der Waals surface area contributed by atoms with Gasteiger partial charge in [-0.05, 0) is 106 Å².